The molecular formula is C11H12F2N2O3S. The normalized spacial score (nSPS) is 20.1. The van der Waals surface area contributed by atoms with Gasteiger partial charge in [-0.2, -0.15) is 4.72 Å². The number of rotatable bonds is 3. The van der Waals surface area contributed by atoms with Gasteiger partial charge in [0, 0.05) is 12.6 Å². The third kappa shape index (κ3) is 3.27. The van der Waals surface area contributed by atoms with Crippen molar-refractivity contribution in [2.75, 3.05) is 6.54 Å². The summed E-state index contributed by atoms with van der Waals surface area (Å²) in [5.41, 5.74) is 0. The summed E-state index contributed by atoms with van der Waals surface area (Å²) in [6, 6.07) is 1.06. The number of carbonyl (C=O) groups is 1. The smallest absolute Gasteiger partial charge is 0.241 e. The molecule has 1 amide bonds. The van der Waals surface area contributed by atoms with Crippen LogP contribution in [-0.4, -0.2) is 26.9 Å². The summed E-state index contributed by atoms with van der Waals surface area (Å²) in [5, 5.41) is 2.51. The minimum Gasteiger partial charge on any atom is -0.355 e. The van der Waals surface area contributed by atoms with Crippen LogP contribution >= 0.6 is 0 Å². The quantitative estimate of drug-likeness (QED) is 0.852. The molecule has 1 aromatic carbocycles. The number of nitrogens with one attached hydrogen (secondary N) is 2. The van der Waals surface area contributed by atoms with E-state index in [2.05, 4.69) is 10.0 Å². The van der Waals surface area contributed by atoms with E-state index in [4.69, 9.17) is 0 Å². The van der Waals surface area contributed by atoms with Crippen LogP contribution < -0.4 is 10.0 Å². The second kappa shape index (κ2) is 5.22. The average Bonchev–Trinajstić information content (AvgIpc) is 2.31. The minimum atomic E-state index is -4.13. The van der Waals surface area contributed by atoms with Gasteiger partial charge in [0.15, 0.2) is 0 Å². The van der Waals surface area contributed by atoms with Gasteiger partial charge in [-0.15, -0.1) is 0 Å². The van der Waals surface area contributed by atoms with Crippen molar-refractivity contribution < 1.29 is 22.0 Å². The van der Waals surface area contributed by atoms with Crippen molar-refractivity contribution in [1.29, 1.82) is 0 Å². The van der Waals surface area contributed by atoms with E-state index >= 15 is 0 Å². The molecule has 1 heterocycles. The Kier molecular flexibility index (Phi) is 3.81. The van der Waals surface area contributed by atoms with Crippen molar-refractivity contribution in [3.63, 3.8) is 0 Å². The largest absolute Gasteiger partial charge is 0.355 e. The number of benzene rings is 1. The number of hydrogen-bond donors (Lipinski definition) is 2. The van der Waals surface area contributed by atoms with E-state index < -0.39 is 38.5 Å². The molecule has 104 valence electrons. The molecule has 1 aliphatic rings. The van der Waals surface area contributed by atoms with Gasteiger partial charge in [0.05, 0.1) is 4.90 Å². The maximum atomic E-state index is 13.0. The molecule has 5 nitrogen and oxygen atoms in total. The van der Waals surface area contributed by atoms with Crippen LogP contribution in [0.4, 0.5) is 8.78 Å². The third-order valence-electron chi connectivity index (χ3n) is 2.73. The van der Waals surface area contributed by atoms with Gasteiger partial charge in [0.2, 0.25) is 15.9 Å². The summed E-state index contributed by atoms with van der Waals surface area (Å²) in [4.78, 5) is 10.9. The zero-order chi connectivity index (χ0) is 14.0. The number of hydrogen-bond acceptors (Lipinski definition) is 3. The molecule has 0 aromatic heterocycles. The second-order valence-corrected chi connectivity index (χ2v) is 5.93. The first-order valence-electron chi connectivity index (χ1n) is 5.64. The molecule has 1 unspecified atom stereocenters. The number of halogens is 2. The maximum absolute atomic E-state index is 13.0. The lowest BCUT2D eigenvalue weighted by atomic mass is 10.1. The van der Waals surface area contributed by atoms with Gasteiger partial charge in [-0.25, -0.2) is 17.2 Å². The van der Waals surface area contributed by atoms with Gasteiger partial charge in [0.1, 0.15) is 17.7 Å². The molecule has 8 heteroatoms. The Balaban J connectivity index is 2.24. The molecular weight excluding hydrogens is 278 g/mol. The maximum Gasteiger partial charge on any atom is 0.241 e. The van der Waals surface area contributed by atoms with Gasteiger partial charge in [-0.3, -0.25) is 4.79 Å². The first kappa shape index (κ1) is 13.9. The minimum absolute atomic E-state index is 0.350. The topological polar surface area (TPSA) is 75.3 Å². The lowest BCUT2D eigenvalue weighted by Crippen LogP contribution is -2.50. The molecule has 1 aromatic rings. The Labute approximate surface area is 109 Å². The molecule has 1 saturated heterocycles. The van der Waals surface area contributed by atoms with Gasteiger partial charge in [-0.1, -0.05) is 0 Å². The van der Waals surface area contributed by atoms with Crippen LogP contribution in [0.5, 0.6) is 0 Å². The van der Waals surface area contributed by atoms with Crippen LogP contribution in [0.2, 0.25) is 0 Å². The highest BCUT2D eigenvalue weighted by Gasteiger charge is 2.28. The average molecular weight is 290 g/mol. The van der Waals surface area contributed by atoms with Crippen LogP contribution in [0.1, 0.15) is 12.8 Å². The number of carbonyl (C=O) groups excluding carboxylic acids is 1. The van der Waals surface area contributed by atoms with Gasteiger partial charge >= 0.3 is 0 Å². The van der Waals surface area contributed by atoms with Crippen LogP contribution in [0.3, 0.4) is 0 Å². The van der Waals surface area contributed by atoms with Crippen molar-refractivity contribution in [2.45, 2.75) is 23.8 Å². The van der Waals surface area contributed by atoms with E-state index in [0.29, 0.717) is 37.6 Å². The summed E-state index contributed by atoms with van der Waals surface area (Å²) >= 11 is 0. The second-order valence-electron chi connectivity index (χ2n) is 4.21. The molecule has 0 spiro atoms. The number of sulfonamides is 1. The van der Waals surface area contributed by atoms with Crippen LogP contribution in [-0.2, 0) is 14.8 Å². The first-order chi connectivity index (χ1) is 8.88. The fourth-order valence-electron chi connectivity index (χ4n) is 1.82. The molecule has 1 fully saturated rings. The Bertz CT molecular complexity index is 584. The van der Waals surface area contributed by atoms with E-state index in [-0.39, 0.29) is 0 Å². The Morgan fingerprint density at radius 3 is 2.42 bits per heavy atom. The summed E-state index contributed by atoms with van der Waals surface area (Å²) in [7, 11) is -4.13. The van der Waals surface area contributed by atoms with Crippen molar-refractivity contribution in [3.8, 4) is 0 Å². The van der Waals surface area contributed by atoms with E-state index in [1.807, 2.05) is 0 Å². The molecule has 1 aliphatic heterocycles. The SMILES string of the molecule is O=C1NCCCC1NS(=O)(=O)c1cc(F)cc(F)c1. The van der Waals surface area contributed by atoms with Gasteiger partial charge in [-0.05, 0) is 25.0 Å². The molecule has 0 saturated carbocycles. The summed E-state index contributed by atoms with van der Waals surface area (Å²) in [6.45, 7) is 0.492. The van der Waals surface area contributed by atoms with Crippen molar-refractivity contribution >= 4 is 15.9 Å². The molecule has 0 radical (unpaired) electrons. The van der Waals surface area contributed by atoms with E-state index in [1.54, 1.807) is 0 Å². The molecule has 1 atom stereocenters. The van der Waals surface area contributed by atoms with E-state index in [9.17, 15) is 22.0 Å². The fourth-order valence-corrected chi connectivity index (χ4v) is 3.09. The van der Waals surface area contributed by atoms with Crippen molar-refractivity contribution in [3.05, 3.63) is 29.8 Å². The molecule has 0 bridgehead atoms. The lowest BCUT2D eigenvalue weighted by Gasteiger charge is -2.22. The first-order valence-corrected chi connectivity index (χ1v) is 7.13. The Morgan fingerprint density at radius 1 is 1.21 bits per heavy atom. The zero-order valence-electron chi connectivity index (χ0n) is 9.82. The van der Waals surface area contributed by atoms with Crippen molar-refractivity contribution in [1.82, 2.24) is 10.0 Å². The Hall–Kier alpha value is -1.54. The van der Waals surface area contributed by atoms with Crippen molar-refractivity contribution in [2.24, 2.45) is 0 Å². The standard InChI is InChI=1S/C11H12F2N2O3S/c12-7-4-8(13)6-9(5-7)19(17,18)15-10-2-1-3-14-11(10)16/h4-6,10,15H,1-3H2,(H,14,16). The molecule has 2 rings (SSSR count). The highest BCUT2D eigenvalue weighted by molar-refractivity contribution is 7.89. The highest BCUT2D eigenvalue weighted by atomic mass is 32.2. The predicted molar refractivity (Wildman–Crippen MR) is 62.7 cm³/mol. The number of piperidine rings is 1. The summed E-state index contributed by atoms with van der Waals surface area (Å²) < 4.78 is 52.0. The van der Waals surface area contributed by atoms with Crippen LogP contribution in [0.25, 0.3) is 0 Å². The lowest BCUT2D eigenvalue weighted by molar-refractivity contribution is -0.124. The molecule has 19 heavy (non-hydrogen) atoms. The summed E-state index contributed by atoms with van der Waals surface area (Å²) in [6.07, 6.45) is 0.985. The molecule has 2 N–H and O–H groups in total. The number of amides is 1. The summed E-state index contributed by atoms with van der Waals surface area (Å²) in [5.74, 6) is -2.42. The van der Waals surface area contributed by atoms with E-state index in [1.165, 1.54) is 0 Å². The van der Waals surface area contributed by atoms with Crippen LogP contribution in [0.15, 0.2) is 23.1 Å². The van der Waals surface area contributed by atoms with Gasteiger partial charge in [0.25, 0.3) is 0 Å². The Morgan fingerprint density at radius 2 is 1.84 bits per heavy atom. The molecule has 0 aliphatic carbocycles. The van der Waals surface area contributed by atoms with E-state index in [0.717, 1.165) is 0 Å². The van der Waals surface area contributed by atoms with Crippen LogP contribution in [0, 0.1) is 11.6 Å². The van der Waals surface area contributed by atoms with Gasteiger partial charge < -0.3 is 5.32 Å². The monoisotopic (exact) mass is 290 g/mol. The zero-order valence-corrected chi connectivity index (χ0v) is 10.6. The predicted octanol–water partition coefficient (Wildman–Crippen LogP) is 0.522. The highest BCUT2D eigenvalue weighted by Crippen LogP contribution is 2.15. The fraction of sp³-hybridized carbons (Fsp3) is 0.364. The third-order valence-corrected chi connectivity index (χ3v) is 4.18.